The lowest BCUT2D eigenvalue weighted by molar-refractivity contribution is 0.307. The third kappa shape index (κ3) is 3.73. The highest BCUT2D eigenvalue weighted by Crippen LogP contribution is 2.32. The van der Waals surface area contributed by atoms with Crippen molar-refractivity contribution < 1.29 is 4.74 Å². The number of halogens is 1. The van der Waals surface area contributed by atoms with Crippen LogP contribution in [-0.4, -0.2) is 4.98 Å². The third-order valence-electron chi connectivity index (χ3n) is 3.74. The van der Waals surface area contributed by atoms with Gasteiger partial charge in [-0.2, -0.15) is 5.26 Å². The zero-order valence-electron chi connectivity index (χ0n) is 13.5. The molecule has 0 amide bonds. The molecule has 0 fully saturated rings. The number of aromatic nitrogens is 1. The van der Waals surface area contributed by atoms with Crippen LogP contribution in [0.25, 0.3) is 11.1 Å². The van der Waals surface area contributed by atoms with Gasteiger partial charge in [0.2, 0.25) is 0 Å². The van der Waals surface area contributed by atoms with Crippen LogP contribution in [0.2, 0.25) is 5.02 Å². The normalized spacial score (nSPS) is 10.3. The Morgan fingerprint density at radius 2 is 1.92 bits per heavy atom. The summed E-state index contributed by atoms with van der Waals surface area (Å²) in [5.41, 5.74) is 2.56. The number of benzene rings is 2. The summed E-state index contributed by atoms with van der Waals surface area (Å²) in [5.74, 6) is 0.601. The summed E-state index contributed by atoms with van der Waals surface area (Å²) in [4.78, 5) is 14.7. The lowest BCUT2D eigenvalue weighted by atomic mass is 10.00. The van der Waals surface area contributed by atoms with Crippen LogP contribution >= 0.6 is 11.6 Å². The molecule has 0 aliphatic carbocycles. The molecular weight excluding hydrogens is 336 g/mol. The van der Waals surface area contributed by atoms with Crippen LogP contribution in [0.5, 0.6) is 5.75 Å². The molecular formula is C20H15ClN2O2. The molecule has 0 aliphatic heterocycles. The molecule has 0 atom stereocenters. The number of nitriles is 1. The summed E-state index contributed by atoms with van der Waals surface area (Å²) < 4.78 is 5.93. The van der Waals surface area contributed by atoms with Crippen LogP contribution in [0.15, 0.2) is 59.4 Å². The van der Waals surface area contributed by atoms with E-state index < -0.39 is 5.56 Å². The van der Waals surface area contributed by atoms with E-state index in [4.69, 9.17) is 16.3 Å². The summed E-state index contributed by atoms with van der Waals surface area (Å²) in [6, 6.07) is 18.5. The van der Waals surface area contributed by atoms with Crippen molar-refractivity contribution in [2.45, 2.75) is 13.5 Å². The summed E-state index contributed by atoms with van der Waals surface area (Å²) in [6.45, 7) is 2.11. The molecule has 1 N–H and O–H groups in total. The Morgan fingerprint density at radius 3 is 2.68 bits per heavy atom. The molecule has 5 heteroatoms. The largest absolute Gasteiger partial charge is 0.488 e. The topological polar surface area (TPSA) is 65.9 Å². The molecule has 25 heavy (non-hydrogen) atoms. The van der Waals surface area contributed by atoms with E-state index in [0.29, 0.717) is 34.2 Å². The molecule has 3 rings (SSSR count). The lowest BCUT2D eigenvalue weighted by Crippen LogP contribution is -2.13. The standard InChI is InChI=1S/C20H15ClN2O2/c1-13-9-17(18(11-22)20(24)23-13)16-7-2-3-8-19(16)25-12-14-5-4-6-15(21)10-14/h2-10H,12H2,1H3,(H,23,24). The van der Waals surface area contributed by atoms with Crippen molar-refractivity contribution in [2.24, 2.45) is 0 Å². The van der Waals surface area contributed by atoms with Crippen molar-refractivity contribution in [1.82, 2.24) is 4.98 Å². The second-order valence-corrected chi connectivity index (χ2v) is 6.03. The Balaban J connectivity index is 2.00. The number of aromatic amines is 1. The zero-order chi connectivity index (χ0) is 17.8. The Labute approximate surface area is 150 Å². The monoisotopic (exact) mass is 350 g/mol. The van der Waals surface area contributed by atoms with Crippen molar-refractivity contribution >= 4 is 11.6 Å². The van der Waals surface area contributed by atoms with Gasteiger partial charge in [0.25, 0.3) is 5.56 Å². The van der Waals surface area contributed by atoms with Gasteiger partial charge in [0.15, 0.2) is 0 Å². The SMILES string of the molecule is Cc1cc(-c2ccccc2OCc2cccc(Cl)c2)c(C#N)c(=O)[nH]1. The average molecular weight is 351 g/mol. The summed E-state index contributed by atoms with van der Waals surface area (Å²) >= 11 is 6.00. The highest BCUT2D eigenvalue weighted by atomic mass is 35.5. The second-order valence-electron chi connectivity index (χ2n) is 5.60. The van der Waals surface area contributed by atoms with Crippen LogP contribution in [-0.2, 0) is 6.61 Å². The van der Waals surface area contributed by atoms with Crippen LogP contribution < -0.4 is 10.3 Å². The van der Waals surface area contributed by atoms with E-state index in [2.05, 4.69) is 4.98 Å². The van der Waals surface area contributed by atoms with E-state index in [1.807, 2.05) is 48.5 Å². The van der Waals surface area contributed by atoms with Crippen molar-refractivity contribution in [1.29, 1.82) is 5.26 Å². The van der Waals surface area contributed by atoms with E-state index in [1.54, 1.807) is 19.1 Å². The van der Waals surface area contributed by atoms with Gasteiger partial charge in [-0.05, 0) is 36.8 Å². The smallest absolute Gasteiger partial charge is 0.266 e. The maximum Gasteiger partial charge on any atom is 0.266 e. The molecule has 1 aromatic heterocycles. The molecule has 0 unspecified atom stereocenters. The van der Waals surface area contributed by atoms with Crippen molar-refractivity contribution in [3.63, 3.8) is 0 Å². The number of pyridine rings is 1. The van der Waals surface area contributed by atoms with Gasteiger partial charge >= 0.3 is 0 Å². The molecule has 0 bridgehead atoms. The van der Waals surface area contributed by atoms with Crippen LogP contribution in [0.4, 0.5) is 0 Å². The predicted octanol–water partition coefficient (Wildman–Crippen LogP) is 4.45. The Hall–Kier alpha value is -3.03. The third-order valence-corrected chi connectivity index (χ3v) is 3.98. The Kier molecular flexibility index (Phi) is 4.87. The number of rotatable bonds is 4. The number of ether oxygens (including phenoxy) is 1. The minimum absolute atomic E-state index is 0.0735. The van der Waals surface area contributed by atoms with Crippen molar-refractivity contribution in [3.8, 4) is 22.9 Å². The highest BCUT2D eigenvalue weighted by Gasteiger charge is 2.14. The molecule has 4 nitrogen and oxygen atoms in total. The first-order chi connectivity index (χ1) is 12.1. The minimum atomic E-state index is -0.401. The van der Waals surface area contributed by atoms with Gasteiger partial charge in [-0.1, -0.05) is 41.9 Å². The van der Waals surface area contributed by atoms with Crippen molar-refractivity contribution in [3.05, 3.63) is 86.8 Å². The number of nitrogens with one attached hydrogen (secondary N) is 1. The number of H-pyrrole nitrogens is 1. The summed E-state index contributed by atoms with van der Waals surface area (Å²) in [7, 11) is 0. The summed E-state index contributed by atoms with van der Waals surface area (Å²) in [6.07, 6.45) is 0. The minimum Gasteiger partial charge on any atom is -0.488 e. The maximum atomic E-state index is 12.1. The molecule has 2 aromatic carbocycles. The molecule has 0 aliphatic rings. The maximum absolute atomic E-state index is 12.1. The van der Waals surface area contributed by atoms with E-state index in [-0.39, 0.29) is 5.56 Å². The van der Waals surface area contributed by atoms with E-state index in [0.717, 1.165) is 5.56 Å². The molecule has 3 aromatic rings. The first-order valence-corrected chi connectivity index (χ1v) is 8.07. The van der Waals surface area contributed by atoms with Gasteiger partial charge in [-0.15, -0.1) is 0 Å². The van der Waals surface area contributed by atoms with Gasteiger partial charge in [0, 0.05) is 21.8 Å². The fourth-order valence-corrected chi connectivity index (χ4v) is 2.83. The lowest BCUT2D eigenvalue weighted by Gasteiger charge is -2.13. The van der Waals surface area contributed by atoms with Gasteiger partial charge in [-0.25, -0.2) is 0 Å². The summed E-state index contributed by atoms with van der Waals surface area (Å²) in [5, 5.41) is 10.0. The number of hydrogen-bond acceptors (Lipinski definition) is 3. The van der Waals surface area contributed by atoms with Gasteiger partial charge in [0.1, 0.15) is 24.0 Å². The number of para-hydroxylation sites is 1. The first kappa shape index (κ1) is 16.8. The van der Waals surface area contributed by atoms with E-state index >= 15 is 0 Å². The van der Waals surface area contributed by atoms with E-state index in [9.17, 15) is 10.1 Å². The van der Waals surface area contributed by atoms with Gasteiger partial charge in [-0.3, -0.25) is 4.79 Å². The van der Waals surface area contributed by atoms with Gasteiger partial charge < -0.3 is 9.72 Å². The Morgan fingerprint density at radius 1 is 1.12 bits per heavy atom. The molecule has 124 valence electrons. The molecule has 1 heterocycles. The highest BCUT2D eigenvalue weighted by molar-refractivity contribution is 6.30. The fourth-order valence-electron chi connectivity index (χ4n) is 2.61. The Bertz CT molecular complexity index is 1020. The second kappa shape index (κ2) is 7.25. The van der Waals surface area contributed by atoms with E-state index in [1.165, 1.54) is 0 Å². The zero-order valence-corrected chi connectivity index (χ0v) is 14.3. The quantitative estimate of drug-likeness (QED) is 0.755. The molecule has 0 saturated carbocycles. The van der Waals surface area contributed by atoms with Crippen LogP contribution in [0.3, 0.4) is 0 Å². The first-order valence-electron chi connectivity index (χ1n) is 7.69. The number of nitrogens with zero attached hydrogens (tertiary/aromatic N) is 1. The predicted molar refractivity (Wildman–Crippen MR) is 97.7 cm³/mol. The molecule has 0 saturated heterocycles. The van der Waals surface area contributed by atoms with Crippen LogP contribution in [0.1, 0.15) is 16.8 Å². The molecule has 0 spiro atoms. The average Bonchev–Trinajstić information content (AvgIpc) is 2.60. The van der Waals surface area contributed by atoms with Crippen LogP contribution in [0, 0.1) is 18.3 Å². The van der Waals surface area contributed by atoms with Crippen molar-refractivity contribution in [2.75, 3.05) is 0 Å². The fraction of sp³-hybridized carbons (Fsp3) is 0.100. The van der Waals surface area contributed by atoms with Gasteiger partial charge in [0.05, 0.1) is 0 Å². The number of hydrogen-bond donors (Lipinski definition) is 1. The molecule has 0 radical (unpaired) electrons. The number of aryl methyl sites for hydroxylation is 1.